The van der Waals surface area contributed by atoms with Crippen LogP contribution in [0.3, 0.4) is 0 Å². The molecule has 0 radical (unpaired) electrons. The zero-order valence-electron chi connectivity index (χ0n) is 13.7. The number of nitrogens with zero attached hydrogens (tertiary/aromatic N) is 2. The van der Waals surface area contributed by atoms with Gasteiger partial charge in [-0.05, 0) is 46.6 Å². The van der Waals surface area contributed by atoms with Gasteiger partial charge in [-0.2, -0.15) is 5.10 Å². The first-order chi connectivity index (χ1) is 9.63. The van der Waals surface area contributed by atoms with Crippen LogP contribution < -0.4 is 5.32 Å². The third kappa shape index (κ3) is 3.63. The summed E-state index contributed by atoms with van der Waals surface area (Å²) in [7, 11) is 0. The smallest absolute Gasteiger partial charge is 0.0644 e. The van der Waals surface area contributed by atoms with Gasteiger partial charge in [-0.15, -0.1) is 0 Å². The maximum absolute atomic E-state index is 4.62. The molecule has 1 N–H and O–H groups in total. The molecule has 0 aromatic carbocycles. The molecule has 1 aromatic heterocycles. The van der Waals surface area contributed by atoms with Crippen molar-refractivity contribution in [2.24, 2.45) is 5.92 Å². The van der Waals surface area contributed by atoms with Crippen molar-refractivity contribution in [1.29, 1.82) is 0 Å². The fourth-order valence-electron chi connectivity index (χ4n) is 3.73. The van der Waals surface area contributed by atoms with Gasteiger partial charge in [0.1, 0.15) is 0 Å². The summed E-state index contributed by atoms with van der Waals surface area (Å²) in [6.07, 6.45) is 8.58. The lowest BCUT2D eigenvalue weighted by molar-refractivity contribution is 0.329. The third-order valence-electron chi connectivity index (χ3n) is 4.90. The van der Waals surface area contributed by atoms with E-state index in [0.717, 1.165) is 19.0 Å². The molecule has 1 aromatic rings. The van der Waals surface area contributed by atoms with Gasteiger partial charge in [0.2, 0.25) is 0 Å². The molecular formula is C17H31N3. The van der Waals surface area contributed by atoms with Gasteiger partial charge < -0.3 is 5.32 Å². The predicted octanol–water partition coefficient (Wildman–Crippen LogP) is 4.14. The molecule has 3 heteroatoms. The van der Waals surface area contributed by atoms with Crippen molar-refractivity contribution in [2.75, 3.05) is 6.54 Å². The van der Waals surface area contributed by atoms with Crippen molar-refractivity contribution in [3.63, 3.8) is 0 Å². The first-order valence-corrected chi connectivity index (χ1v) is 8.40. The summed E-state index contributed by atoms with van der Waals surface area (Å²) in [5.41, 5.74) is 3.90. The van der Waals surface area contributed by atoms with Gasteiger partial charge in [-0.25, -0.2) is 0 Å². The molecule has 1 heterocycles. The van der Waals surface area contributed by atoms with Gasteiger partial charge in [0.25, 0.3) is 0 Å². The van der Waals surface area contributed by atoms with Gasteiger partial charge in [-0.1, -0.05) is 32.1 Å². The lowest BCUT2D eigenvalue weighted by atomic mass is 9.87. The van der Waals surface area contributed by atoms with Gasteiger partial charge in [0.05, 0.1) is 5.69 Å². The average Bonchev–Trinajstić information content (AvgIpc) is 2.74. The van der Waals surface area contributed by atoms with Crippen LogP contribution in [0.5, 0.6) is 0 Å². The van der Waals surface area contributed by atoms with Crippen LogP contribution in [-0.2, 0) is 6.54 Å². The van der Waals surface area contributed by atoms with Crippen LogP contribution in [0.1, 0.15) is 75.4 Å². The minimum absolute atomic E-state index is 0.416. The molecule has 114 valence electrons. The second kappa shape index (κ2) is 7.26. The first-order valence-electron chi connectivity index (χ1n) is 8.40. The van der Waals surface area contributed by atoms with E-state index in [2.05, 4.69) is 42.8 Å². The van der Waals surface area contributed by atoms with E-state index in [9.17, 15) is 0 Å². The van der Waals surface area contributed by atoms with E-state index < -0.39 is 0 Å². The summed E-state index contributed by atoms with van der Waals surface area (Å²) in [4.78, 5) is 0. The molecule has 2 rings (SSSR count). The van der Waals surface area contributed by atoms with Crippen LogP contribution in [0.15, 0.2) is 0 Å². The molecule has 1 fully saturated rings. The summed E-state index contributed by atoms with van der Waals surface area (Å²) in [5, 5.41) is 8.34. The second-order valence-corrected chi connectivity index (χ2v) is 6.37. The van der Waals surface area contributed by atoms with Crippen LogP contribution in [0.25, 0.3) is 0 Å². The fraction of sp³-hybridized carbons (Fsp3) is 0.824. The number of aromatic nitrogens is 2. The highest BCUT2D eigenvalue weighted by atomic mass is 15.3. The van der Waals surface area contributed by atoms with Crippen LogP contribution in [0.2, 0.25) is 0 Å². The number of hydrogen-bond acceptors (Lipinski definition) is 2. The Morgan fingerprint density at radius 3 is 2.55 bits per heavy atom. The Hall–Kier alpha value is -0.830. The second-order valence-electron chi connectivity index (χ2n) is 6.37. The zero-order chi connectivity index (χ0) is 14.5. The van der Waals surface area contributed by atoms with E-state index in [1.54, 1.807) is 0 Å². The van der Waals surface area contributed by atoms with Crippen molar-refractivity contribution in [1.82, 2.24) is 15.1 Å². The maximum atomic E-state index is 4.62. The minimum Gasteiger partial charge on any atom is -0.310 e. The average molecular weight is 277 g/mol. The Morgan fingerprint density at radius 2 is 1.95 bits per heavy atom. The predicted molar refractivity (Wildman–Crippen MR) is 85.0 cm³/mol. The standard InChI is InChI=1S/C17H31N3/c1-5-20-15(4)17(14(3)19-20)13(2)18-12-11-16-9-7-6-8-10-16/h13,16,18H,5-12H2,1-4H3. The molecule has 3 nitrogen and oxygen atoms in total. The SMILES string of the molecule is CCn1nc(C)c(C(C)NCCC2CCCCC2)c1C. The molecule has 0 spiro atoms. The van der Waals surface area contributed by atoms with Crippen LogP contribution in [0.4, 0.5) is 0 Å². The van der Waals surface area contributed by atoms with Crippen molar-refractivity contribution < 1.29 is 0 Å². The van der Waals surface area contributed by atoms with Gasteiger partial charge in [0.15, 0.2) is 0 Å². The summed E-state index contributed by atoms with van der Waals surface area (Å²) >= 11 is 0. The van der Waals surface area contributed by atoms with E-state index in [4.69, 9.17) is 0 Å². The molecule has 1 saturated carbocycles. The molecule has 0 amide bonds. The molecule has 0 bridgehead atoms. The van der Waals surface area contributed by atoms with Crippen LogP contribution in [-0.4, -0.2) is 16.3 Å². The monoisotopic (exact) mass is 277 g/mol. The lowest BCUT2D eigenvalue weighted by Gasteiger charge is -2.23. The molecule has 0 aliphatic heterocycles. The largest absolute Gasteiger partial charge is 0.310 e. The Labute approximate surface area is 124 Å². The summed E-state index contributed by atoms with van der Waals surface area (Å²) < 4.78 is 2.12. The normalized spacial score (nSPS) is 18.4. The van der Waals surface area contributed by atoms with E-state index in [1.807, 2.05) is 0 Å². The Bertz CT molecular complexity index is 416. The number of nitrogens with one attached hydrogen (secondary N) is 1. The number of hydrogen-bond donors (Lipinski definition) is 1. The van der Waals surface area contributed by atoms with Crippen LogP contribution in [0, 0.1) is 19.8 Å². The van der Waals surface area contributed by atoms with Crippen molar-refractivity contribution >= 4 is 0 Å². The van der Waals surface area contributed by atoms with Crippen molar-refractivity contribution in [3.8, 4) is 0 Å². The molecule has 1 atom stereocenters. The van der Waals surface area contributed by atoms with Gasteiger partial charge in [0, 0.05) is 23.8 Å². The van der Waals surface area contributed by atoms with Crippen molar-refractivity contribution in [3.05, 3.63) is 17.0 Å². The molecule has 1 unspecified atom stereocenters. The first kappa shape index (κ1) is 15.6. The molecular weight excluding hydrogens is 246 g/mol. The van der Waals surface area contributed by atoms with Gasteiger partial charge in [-0.3, -0.25) is 4.68 Å². The Morgan fingerprint density at radius 1 is 1.25 bits per heavy atom. The highest BCUT2D eigenvalue weighted by molar-refractivity contribution is 5.27. The fourth-order valence-corrected chi connectivity index (χ4v) is 3.73. The molecule has 0 saturated heterocycles. The third-order valence-corrected chi connectivity index (χ3v) is 4.90. The van der Waals surface area contributed by atoms with Crippen LogP contribution >= 0.6 is 0 Å². The maximum Gasteiger partial charge on any atom is 0.0644 e. The van der Waals surface area contributed by atoms with Gasteiger partial charge >= 0.3 is 0 Å². The molecule has 1 aliphatic carbocycles. The minimum atomic E-state index is 0.416. The van der Waals surface area contributed by atoms with E-state index in [0.29, 0.717) is 6.04 Å². The van der Waals surface area contributed by atoms with E-state index >= 15 is 0 Å². The quantitative estimate of drug-likeness (QED) is 0.847. The molecule has 1 aliphatic rings. The molecule has 20 heavy (non-hydrogen) atoms. The summed E-state index contributed by atoms with van der Waals surface area (Å²) in [6.45, 7) is 10.9. The Kier molecular flexibility index (Phi) is 5.64. The topological polar surface area (TPSA) is 29.9 Å². The summed E-state index contributed by atoms with van der Waals surface area (Å²) in [6, 6.07) is 0.416. The Balaban J connectivity index is 1.85. The summed E-state index contributed by atoms with van der Waals surface area (Å²) in [5.74, 6) is 0.962. The number of aryl methyl sites for hydroxylation is 2. The highest BCUT2D eigenvalue weighted by Crippen LogP contribution is 2.26. The zero-order valence-corrected chi connectivity index (χ0v) is 13.7. The van der Waals surface area contributed by atoms with E-state index in [-0.39, 0.29) is 0 Å². The number of rotatable bonds is 6. The lowest BCUT2D eigenvalue weighted by Crippen LogP contribution is -2.23. The van der Waals surface area contributed by atoms with E-state index in [1.165, 1.54) is 55.5 Å². The highest BCUT2D eigenvalue weighted by Gasteiger charge is 2.17. The van der Waals surface area contributed by atoms with Crippen molar-refractivity contribution in [2.45, 2.75) is 78.8 Å².